The fourth-order valence-corrected chi connectivity index (χ4v) is 3.44. The minimum absolute atomic E-state index is 0.0398. The summed E-state index contributed by atoms with van der Waals surface area (Å²) >= 11 is 7.12. The summed E-state index contributed by atoms with van der Waals surface area (Å²) in [6, 6.07) is 7.12. The molecule has 2 heterocycles. The van der Waals surface area contributed by atoms with Crippen LogP contribution in [0, 0.1) is 10.1 Å². The standard InChI is InChI=1S/C15H16ClN5O2S/c1-19-6-8-20(9-7-19)14-13(21(22)23)15(18-10-17-14)24-12-4-2-11(16)3-5-12/h2-5,10H,6-9H2,1H3. The SMILES string of the molecule is CN1CCN(c2ncnc(Sc3ccc(Cl)cc3)c2[N+](=O)[O-])CC1. The van der Waals surface area contributed by atoms with Crippen molar-refractivity contribution in [1.82, 2.24) is 14.9 Å². The van der Waals surface area contributed by atoms with E-state index in [1.54, 1.807) is 12.1 Å². The van der Waals surface area contributed by atoms with Gasteiger partial charge in [0.1, 0.15) is 6.33 Å². The van der Waals surface area contributed by atoms with Gasteiger partial charge in [-0.25, -0.2) is 9.97 Å². The van der Waals surface area contributed by atoms with Crippen LogP contribution in [0.15, 0.2) is 40.5 Å². The van der Waals surface area contributed by atoms with Crippen molar-refractivity contribution in [3.63, 3.8) is 0 Å². The molecule has 0 atom stereocenters. The van der Waals surface area contributed by atoms with Gasteiger partial charge in [0.05, 0.1) is 4.92 Å². The van der Waals surface area contributed by atoms with E-state index < -0.39 is 4.92 Å². The Morgan fingerprint density at radius 2 is 1.83 bits per heavy atom. The number of rotatable bonds is 4. The van der Waals surface area contributed by atoms with E-state index >= 15 is 0 Å². The van der Waals surface area contributed by atoms with Crippen LogP contribution < -0.4 is 4.90 Å². The molecule has 0 bridgehead atoms. The Kier molecular flexibility index (Phi) is 5.17. The van der Waals surface area contributed by atoms with Crippen molar-refractivity contribution in [2.24, 2.45) is 0 Å². The molecule has 1 saturated heterocycles. The van der Waals surface area contributed by atoms with E-state index in [1.807, 2.05) is 24.1 Å². The van der Waals surface area contributed by atoms with Crippen LogP contribution in [0.5, 0.6) is 0 Å². The van der Waals surface area contributed by atoms with Gasteiger partial charge in [0.15, 0.2) is 5.03 Å². The Morgan fingerprint density at radius 3 is 2.46 bits per heavy atom. The summed E-state index contributed by atoms with van der Waals surface area (Å²) in [6.07, 6.45) is 1.39. The lowest BCUT2D eigenvalue weighted by Gasteiger charge is -2.32. The molecule has 2 aromatic rings. The van der Waals surface area contributed by atoms with Crippen molar-refractivity contribution in [3.8, 4) is 0 Å². The number of likely N-dealkylation sites (N-methyl/N-ethyl adjacent to an activating group) is 1. The monoisotopic (exact) mass is 365 g/mol. The van der Waals surface area contributed by atoms with Gasteiger partial charge in [-0.1, -0.05) is 23.4 Å². The molecule has 0 spiro atoms. The van der Waals surface area contributed by atoms with Crippen LogP contribution in [0.1, 0.15) is 0 Å². The molecule has 1 fully saturated rings. The van der Waals surface area contributed by atoms with Crippen molar-refractivity contribution in [2.45, 2.75) is 9.92 Å². The van der Waals surface area contributed by atoms with Crippen LogP contribution in [-0.4, -0.2) is 53.0 Å². The van der Waals surface area contributed by atoms with Gasteiger partial charge < -0.3 is 9.80 Å². The number of aromatic nitrogens is 2. The van der Waals surface area contributed by atoms with Crippen molar-refractivity contribution in [2.75, 3.05) is 38.1 Å². The topological polar surface area (TPSA) is 75.4 Å². The van der Waals surface area contributed by atoms with Crippen LogP contribution in [-0.2, 0) is 0 Å². The predicted molar refractivity (Wildman–Crippen MR) is 94.0 cm³/mol. The molecule has 3 rings (SSSR count). The Bertz CT molecular complexity index is 735. The first-order valence-corrected chi connectivity index (χ1v) is 8.60. The number of hydrogen-bond donors (Lipinski definition) is 0. The van der Waals surface area contributed by atoms with E-state index in [9.17, 15) is 10.1 Å². The quantitative estimate of drug-likeness (QED) is 0.468. The molecule has 1 aromatic heterocycles. The average Bonchev–Trinajstić information content (AvgIpc) is 2.57. The van der Waals surface area contributed by atoms with Gasteiger partial charge in [-0.05, 0) is 31.3 Å². The van der Waals surface area contributed by atoms with E-state index in [0.717, 1.165) is 18.0 Å². The molecule has 0 N–H and O–H groups in total. The molecule has 0 radical (unpaired) electrons. The molecule has 0 aliphatic carbocycles. The van der Waals surface area contributed by atoms with Gasteiger partial charge in [-0.2, -0.15) is 0 Å². The fourth-order valence-electron chi connectivity index (χ4n) is 2.45. The summed E-state index contributed by atoms with van der Waals surface area (Å²) in [4.78, 5) is 24.5. The lowest BCUT2D eigenvalue weighted by atomic mass is 10.3. The summed E-state index contributed by atoms with van der Waals surface area (Å²) in [5.74, 6) is 0.388. The van der Waals surface area contributed by atoms with Gasteiger partial charge in [0.25, 0.3) is 0 Å². The maximum Gasteiger partial charge on any atom is 0.343 e. The van der Waals surface area contributed by atoms with Gasteiger partial charge in [-0.3, -0.25) is 10.1 Å². The molecule has 7 nitrogen and oxygen atoms in total. The third kappa shape index (κ3) is 3.77. The smallest absolute Gasteiger partial charge is 0.343 e. The highest BCUT2D eigenvalue weighted by molar-refractivity contribution is 7.99. The zero-order valence-electron chi connectivity index (χ0n) is 13.1. The highest BCUT2D eigenvalue weighted by atomic mass is 35.5. The number of hydrogen-bond acceptors (Lipinski definition) is 7. The molecule has 0 unspecified atom stereocenters. The third-order valence-electron chi connectivity index (χ3n) is 3.78. The summed E-state index contributed by atoms with van der Waals surface area (Å²) in [7, 11) is 2.04. The number of benzene rings is 1. The zero-order chi connectivity index (χ0) is 17.1. The predicted octanol–water partition coefficient (Wildman–Crippen LogP) is 2.94. The molecule has 1 aliphatic rings. The van der Waals surface area contributed by atoms with Crippen molar-refractivity contribution >= 4 is 34.9 Å². The van der Waals surface area contributed by atoms with Crippen molar-refractivity contribution < 1.29 is 4.92 Å². The Labute approximate surface area is 148 Å². The van der Waals surface area contributed by atoms with Crippen molar-refractivity contribution in [1.29, 1.82) is 0 Å². The molecule has 1 aliphatic heterocycles. The largest absolute Gasteiger partial charge is 0.348 e. The lowest BCUT2D eigenvalue weighted by Crippen LogP contribution is -2.45. The molecular weight excluding hydrogens is 350 g/mol. The van der Waals surface area contributed by atoms with E-state index in [-0.39, 0.29) is 5.69 Å². The molecule has 0 amide bonds. The van der Waals surface area contributed by atoms with Gasteiger partial charge >= 0.3 is 5.69 Å². The fraction of sp³-hybridized carbons (Fsp3) is 0.333. The first kappa shape index (κ1) is 16.9. The second-order valence-corrected chi connectivity index (χ2v) is 6.95. The summed E-state index contributed by atoms with van der Waals surface area (Å²) in [5.41, 5.74) is -0.0398. The maximum absolute atomic E-state index is 11.6. The van der Waals surface area contributed by atoms with Crippen LogP contribution in [0.4, 0.5) is 11.5 Å². The Balaban J connectivity index is 1.93. The molecule has 9 heteroatoms. The molecule has 1 aromatic carbocycles. The summed E-state index contributed by atoms with van der Waals surface area (Å²) in [6.45, 7) is 3.11. The van der Waals surface area contributed by atoms with Crippen molar-refractivity contribution in [3.05, 3.63) is 45.7 Å². The summed E-state index contributed by atoms with van der Waals surface area (Å²) < 4.78 is 0. The number of nitro groups is 1. The minimum Gasteiger partial charge on any atom is -0.348 e. The van der Waals surface area contributed by atoms with E-state index in [1.165, 1.54) is 18.1 Å². The van der Waals surface area contributed by atoms with Gasteiger partial charge in [0.2, 0.25) is 5.82 Å². The van der Waals surface area contributed by atoms with Gasteiger partial charge in [0, 0.05) is 36.1 Å². The normalized spacial score (nSPS) is 15.5. The molecular formula is C15H16ClN5O2S. The first-order chi connectivity index (χ1) is 11.5. The molecule has 0 saturated carbocycles. The number of piperazine rings is 1. The lowest BCUT2D eigenvalue weighted by molar-refractivity contribution is -0.387. The molecule has 24 heavy (non-hydrogen) atoms. The Morgan fingerprint density at radius 1 is 1.17 bits per heavy atom. The Hall–Kier alpha value is -1.90. The minimum atomic E-state index is -0.397. The van der Waals surface area contributed by atoms with Gasteiger partial charge in [-0.15, -0.1) is 0 Å². The second-order valence-electron chi connectivity index (χ2n) is 5.45. The molecule has 126 valence electrons. The second kappa shape index (κ2) is 7.33. The zero-order valence-corrected chi connectivity index (χ0v) is 14.6. The maximum atomic E-state index is 11.6. The highest BCUT2D eigenvalue weighted by Gasteiger charge is 2.29. The van der Waals surface area contributed by atoms with E-state index in [0.29, 0.717) is 29.0 Å². The van der Waals surface area contributed by atoms with E-state index in [2.05, 4.69) is 14.9 Å². The third-order valence-corrected chi connectivity index (χ3v) is 5.03. The van der Waals surface area contributed by atoms with Crippen LogP contribution in [0.3, 0.4) is 0 Å². The highest BCUT2D eigenvalue weighted by Crippen LogP contribution is 2.38. The number of nitrogens with zero attached hydrogens (tertiary/aromatic N) is 5. The first-order valence-electron chi connectivity index (χ1n) is 7.41. The summed E-state index contributed by atoms with van der Waals surface area (Å²) in [5, 5.41) is 12.6. The number of halogens is 1. The van der Waals surface area contributed by atoms with Crippen LogP contribution in [0.2, 0.25) is 5.02 Å². The van der Waals surface area contributed by atoms with E-state index in [4.69, 9.17) is 11.6 Å². The van der Waals surface area contributed by atoms with Crippen LogP contribution >= 0.6 is 23.4 Å². The van der Waals surface area contributed by atoms with Crippen LogP contribution in [0.25, 0.3) is 0 Å². The average molecular weight is 366 g/mol. The number of anilines is 1.